The summed E-state index contributed by atoms with van der Waals surface area (Å²) in [5.41, 5.74) is 1.24. The molecule has 2 aliphatic rings. The number of aryl methyl sites for hydroxylation is 2. The van der Waals surface area contributed by atoms with E-state index in [1.165, 1.54) is 28.4 Å². The first kappa shape index (κ1) is 21.5. The van der Waals surface area contributed by atoms with E-state index in [0.29, 0.717) is 12.2 Å². The zero-order valence-corrected chi connectivity index (χ0v) is 18.5. The van der Waals surface area contributed by atoms with Gasteiger partial charge in [0.2, 0.25) is 0 Å². The van der Waals surface area contributed by atoms with Gasteiger partial charge in [0.05, 0.1) is 29.5 Å². The highest BCUT2D eigenvalue weighted by Crippen LogP contribution is 2.19. The fourth-order valence-corrected chi connectivity index (χ4v) is 4.97. The molecule has 158 valence electrons. The number of thiazole rings is 1. The number of hydrogen-bond donors (Lipinski definition) is 1. The highest BCUT2D eigenvalue weighted by Gasteiger charge is 2.23. The molecule has 28 heavy (non-hydrogen) atoms. The molecule has 0 aromatic carbocycles. The third kappa shape index (κ3) is 6.16. The van der Waals surface area contributed by atoms with Crippen LogP contribution in [-0.2, 0) is 22.3 Å². The molecule has 1 aromatic heterocycles. The van der Waals surface area contributed by atoms with Crippen LogP contribution >= 0.6 is 11.3 Å². The average molecular weight is 409 g/mol. The van der Waals surface area contributed by atoms with Crippen LogP contribution in [-0.4, -0.2) is 67.9 Å². The number of nitrogens with zero attached hydrogens (tertiary/aromatic N) is 3. The minimum atomic E-state index is 0.309. The molecule has 6 nitrogen and oxygen atoms in total. The molecule has 1 aromatic rings. The Morgan fingerprint density at radius 1 is 1.32 bits per heavy atom. The fourth-order valence-electron chi connectivity index (χ4n) is 3.95. The normalized spacial score (nSPS) is 21.9. The molecule has 1 atom stereocenters. The Morgan fingerprint density at radius 2 is 2.14 bits per heavy atom. The van der Waals surface area contributed by atoms with Crippen molar-refractivity contribution in [2.45, 2.75) is 71.0 Å². The van der Waals surface area contributed by atoms with Crippen LogP contribution in [0.25, 0.3) is 0 Å². The maximum absolute atomic E-state index is 6.13. The van der Waals surface area contributed by atoms with Crippen LogP contribution in [0, 0.1) is 6.92 Å². The number of likely N-dealkylation sites (tertiary alicyclic amines) is 1. The zero-order valence-electron chi connectivity index (χ0n) is 17.7. The van der Waals surface area contributed by atoms with Crippen LogP contribution in [0.15, 0.2) is 4.99 Å². The second-order valence-electron chi connectivity index (χ2n) is 7.70. The van der Waals surface area contributed by atoms with E-state index in [4.69, 9.17) is 14.5 Å². The molecular weight excluding hydrogens is 372 g/mol. The van der Waals surface area contributed by atoms with Crippen molar-refractivity contribution in [2.75, 3.05) is 39.9 Å². The zero-order chi connectivity index (χ0) is 19.8. The Kier molecular flexibility index (Phi) is 8.55. The lowest BCUT2D eigenvalue weighted by Crippen LogP contribution is -2.47. The van der Waals surface area contributed by atoms with Gasteiger partial charge in [-0.3, -0.25) is 4.99 Å². The third-order valence-electron chi connectivity index (χ3n) is 5.64. The summed E-state index contributed by atoms with van der Waals surface area (Å²) >= 11 is 1.82. The van der Waals surface area contributed by atoms with Crippen LogP contribution in [0.2, 0.25) is 0 Å². The van der Waals surface area contributed by atoms with Gasteiger partial charge in [0.15, 0.2) is 5.96 Å². The van der Waals surface area contributed by atoms with E-state index in [2.05, 4.69) is 29.1 Å². The summed E-state index contributed by atoms with van der Waals surface area (Å²) in [5, 5.41) is 4.73. The Labute approximate surface area is 173 Å². The van der Waals surface area contributed by atoms with Gasteiger partial charge in [0.1, 0.15) is 0 Å². The van der Waals surface area contributed by atoms with Gasteiger partial charge < -0.3 is 19.7 Å². The third-order valence-corrected chi connectivity index (χ3v) is 6.71. The molecule has 7 heteroatoms. The average Bonchev–Trinajstić information content (AvgIpc) is 3.10. The molecule has 0 spiro atoms. The number of hydrogen-bond acceptors (Lipinski definition) is 5. The minimum absolute atomic E-state index is 0.309. The van der Waals surface area contributed by atoms with E-state index in [1.54, 1.807) is 0 Å². The van der Waals surface area contributed by atoms with Gasteiger partial charge >= 0.3 is 0 Å². The summed E-state index contributed by atoms with van der Waals surface area (Å²) in [6.45, 7) is 8.84. The van der Waals surface area contributed by atoms with Crippen LogP contribution < -0.4 is 5.32 Å². The van der Waals surface area contributed by atoms with Gasteiger partial charge in [-0.2, -0.15) is 0 Å². The molecule has 2 saturated heterocycles. The molecular formula is C21H36N4O2S. The molecule has 1 N–H and O–H groups in total. The summed E-state index contributed by atoms with van der Waals surface area (Å²) in [6.07, 6.45) is 8.35. The number of aromatic nitrogens is 1. The number of aliphatic imine (C=N–C) groups is 1. The van der Waals surface area contributed by atoms with Crippen molar-refractivity contribution in [2.24, 2.45) is 4.99 Å². The summed E-state index contributed by atoms with van der Waals surface area (Å²) in [5.74, 6) is 0.998. The second-order valence-corrected chi connectivity index (χ2v) is 8.98. The van der Waals surface area contributed by atoms with Crippen LogP contribution in [0.1, 0.15) is 54.6 Å². The lowest BCUT2D eigenvalue weighted by Gasteiger charge is -2.35. The van der Waals surface area contributed by atoms with Crippen LogP contribution in [0.5, 0.6) is 0 Å². The lowest BCUT2D eigenvalue weighted by molar-refractivity contribution is -0.0721. The van der Waals surface area contributed by atoms with Crippen molar-refractivity contribution in [3.05, 3.63) is 15.6 Å². The van der Waals surface area contributed by atoms with E-state index in [9.17, 15) is 0 Å². The SMILES string of the molecule is CCc1nc(CCNC(=NC)N2CCC(OCC3CCCCO3)CC2)sc1C. The number of nitrogens with one attached hydrogen (secondary N) is 1. The van der Waals surface area contributed by atoms with E-state index in [0.717, 1.165) is 70.9 Å². The standard InChI is InChI=1S/C21H36N4O2S/c1-4-19-16(2)28-20(24-19)8-11-23-21(22-3)25-12-9-17(10-13-25)27-15-18-7-5-6-14-26-18/h17-18H,4-15H2,1-3H3,(H,22,23). The van der Waals surface area contributed by atoms with E-state index >= 15 is 0 Å². The molecule has 2 fully saturated rings. The summed E-state index contributed by atoms with van der Waals surface area (Å²) in [7, 11) is 1.87. The van der Waals surface area contributed by atoms with Gasteiger partial charge in [0, 0.05) is 44.6 Å². The van der Waals surface area contributed by atoms with Crippen molar-refractivity contribution in [1.29, 1.82) is 0 Å². The fraction of sp³-hybridized carbons (Fsp3) is 0.810. The summed E-state index contributed by atoms with van der Waals surface area (Å²) < 4.78 is 11.9. The predicted octanol–water partition coefficient (Wildman–Crippen LogP) is 3.18. The molecule has 0 aliphatic carbocycles. The molecule has 3 rings (SSSR count). The quantitative estimate of drug-likeness (QED) is 0.555. The predicted molar refractivity (Wildman–Crippen MR) is 115 cm³/mol. The Hall–Kier alpha value is -1.18. The highest BCUT2D eigenvalue weighted by atomic mass is 32.1. The Bertz CT molecular complexity index is 620. The molecule has 0 saturated carbocycles. The van der Waals surface area contributed by atoms with Gasteiger partial charge in [-0.25, -0.2) is 4.98 Å². The Morgan fingerprint density at radius 3 is 2.79 bits per heavy atom. The first-order chi connectivity index (χ1) is 13.7. The summed E-state index contributed by atoms with van der Waals surface area (Å²) in [4.78, 5) is 12.9. The molecule has 0 amide bonds. The van der Waals surface area contributed by atoms with Crippen molar-refractivity contribution in [1.82, 2.24) is 15.2 Å². The molecule has 3 heterocycles. The number of guanidine groups is 1. The maximum Gasteiger partial charge on any atom is 0.193 e. The van der Waals surface area contributed by atoms with Gasteiger partial charge in [0.25, 0.3) is 0 Å². The molecule has 2 aliphatic heterocycles. The van der Waals surface area contributed by atoms with Crippen molar-refractivity contribution in [3.63, 3.8) is 0 Å². The van der Waals surface area contributed by atoms with E-state index in [1.807, 2.05) is 18.4 Å². The maximum atomic E-state index is 6.13. The first-order valence-electron chi connectivity index (χ1n) is 10.8. The van der Waals surface area contributed by atoms with Gasteiger partial charge in [-0.1, -0.05) is 6.92 Å². The molecule has 0 radical (unpaired) electrons. The topological polar surface area (TPSA) is 59.0 Å². The van der Waals surface area contributed by atoms with Crippen LogP contribution in [0.3, 0.4) is 0 Å². The minimum Gasteiger partial charge on any atom is -0.376 e. The van der Waals surface area contributed by atoms with Crippen molar-refractivity contribution >= 4 is 17.3 Å². The van der Waals surface area contributed by atoms with E-state index < -0.39 is 0 Å². The van der Waals surface area contributed by atoms with Gasteiger partial charge in [-0.15, -0.1) is 11.3 Å². The number of rotatable bonds is 7. The van der Waals surface area contributed by atoms with Crippen molar-refractivity contribution < 1.29 is 9.47 Å². The second kappa shape index (κ2) is 11.1. The molecule has 0 bridgehead atoms. The smallest absolute Gasteiger partial charge is 0.193 e. The summed E-state index contributed by atoms with van der Waals surface area (Å²) in [6, 6.07) is 0. The number of ether oxygens (including phenoxy) is 2. The van der Waals surface area contributed by atoms with Gasteiger partial charge in [-0.05, 0) is 45.4 Å². The van der Waals surface area contributed by atoms with E-state index in [-0.39, 0.29) is 0 Å². The lowest BCUT2D eigenvalue weighted by atomic mass is 10.1. The van der Waals surface area contributed by atoms with Crippen LogP contribution in [0.4, 0.5) is 0 Å². The highest BCUT2D eigenvalue weighted by molar-refractivity contribution is 7.11. The monoisotopic (exact) mass is 408 g/mol. The molecule has 1 unspecified atom stereocenters. The number of piperidine rings is 1. The Balaban J connectivity index is 1.36. The first-order valence-corrected chi connectivity index (χ1v) is 11.6. The largest absolute Gasteiger partial charge is 0.376 e. The van der Waals surface area contributed by atoms with Crippen molar-refractivity contribution in [3.8, 4) is 0 Å².